The van der Waals surface area contributed by atoms with Gasteiger partial charge in [0.05, 0.1) is 12.3 Å². The highest BCUT2D eigenvalue weighted by Crippen LogP contribution is 2.33. The summed E-state index contributed by atoms with van der Waals surface area (Å²) in [6.45, 7) is 7.97. The maximum Gasteiger partial charge on any atom is 0.194 e. The van der Waals surface area contributed by atoms with Gasteiger partial charge in [0, 0.05) is 45.2 Å². The fraction of sp³-hybridized carbons (Fsp3) is 0.435. The molecule has 2 aliphatic rings. The van der Waals surface area contributed by atoms with Crippen LogP contribution in [0.5, 0.6) is 11.5 Å². The van der Waals surface area contributed by atoms with Gasteiger partial charge in [-0.15, -0.1) is 0 Å². The molecule has 4 rings (SSSR count). The Bertz CT molecular complexity index is 846. The van der Waals surface area contributed by atoms with Crippen LogP contribution in [0.25, 0.3) is 0 Å². The molecule has 0 radical (unpaired) electrons. The molecule has 1 atom stereocenters. The van der Waals surface area contributed by atoms with Crippen LogP contribution in [0.2, 0.25) is 0 Å². The molecule has 0 aromatic heterocycles. The van der Waals surface area contributed by atoms with E-state index < -0.39 is 0 Å². The van der Waals surface area contributed by atoms with E-state index in [9.17, 15) is 5.11 Å². The number of nitrogens with one attached hydrogen (secondary N) is 1. The number of nitrogens with zero attached hydrogens (tertiary/aromatic N) is 3. The summed E-state index contributed by atoms with van der Waals surface area (Å²) in [7, 11) is 0. The molecule has 154 valence electrons. The molecule has 0 saturated carbocycles. The van der Waals surface area contributed by atoms with Crippen LogP contribution in [0.3, 0.4) is 0 Å². The quantitative estimate of drug-likeness (QED) is 0.617. The molecule has 2 aliphatic heterocycles. The van der Waals surface area contributed by atoms with E-state index in [1.54, 1.807) is 6.07 Å². The van der Waals surface area contributed by atoms with Crippen LogP contribution in [-0.4, -0.2) is 61.8 Å². The first-order chi connectivity index (χ1) is 14.3. The van der Waals surface area contributed by atoms with E-state index in [0.717, 1.165) is 69.7 Å². The SMILES string of the molecule is CCNC(=NCC1CCOc2ccccc21)N1CCN(c2ccccc2O)CC1. The number of hydrogen-bond acceptors (Lipinski definition) is 4. The highest BCUT2D eigenvalue weighted by Gasteiger charge is 2.23. The number of aromatic hydroxyl groups is 1. The molecule has 6 nitrogen and oxygen atoms in total. The van der Waals surface area contributed by atoms with Gasteiger partial charge in [0.25, 0.3) is 0 Å². The maximum atomic E-state index is 10.1. The number of phenols is 1. The third-order valence-corrected chi connectivity index (χ3v) is 5.68. The Morgan fingerprint density at radius 1 is 1.10 bits per heavy atom. The van der Waals surface area contributed by atoms with Gasteiger partial charge in [0.2, 0.25) is 0 Å². The second-order valence-electron chi connectivity index (χ2n) is 7.53. The largest absolute Gasteiger partial charge is 0.506 e. The molecule has 2 heterocycles. The molecule has 2 aromatic carbocycles. The molecule has 1 fully saturated rings. The lowest BCUT2D eigenvalue weighted by molar-refractivity contribution is 0.268. The van der Waals surface area contributed by atoms with Crippen LogP contribution in [0, 0.1) is 0 Å². The van der Waals surface area contributed by atoms with E-state index in [0.29, 0.717) is 11.7 Å². The minimum atomic E-state index is 0.347. The van der Waals surface area contributed by atoms with Crippen molar-refractivity contribution in [2.24, 2.45) is 4.99 Å². The predicted molar refractivity (Wildman–Crippen MR) is 117 cm³/mol. The second-order valence-corrected chi connectivity index (χ2v) is 7.53. The Morgan fingerprint density at radius 3 is 2.66 bits per heavy atom. The average molecular weight is 395 g/mol. The molecular weight excluding hydrogens is 364 g/mol. The van der Waals surface area contributed by atoms with Crippen LogP contribution in [0.4, 0.5) is 5.69 Å². The van der Waals surface area contributed by atoms with E-state index in [1.165, 1.54) is 5.56 Å². The van der Waals surface area contributed by atoms with Gasteiger partial charge in [-0.05, 0) is 37.1 Å². The number of piperazine rings is 1. The van der Waals surface area contributed by atoms with Crippen molar-refractivity contribution in [2.45, 2.75) is 19.3 Å². The van der Waals surface area contributed by atoms with Crippen molar-refractivity contribution >= 4 is 11.6 Å². The van der Waals surface area contributed by atoms with Crippen LogP contribution in [0.1, 0.15) is 24.8 Å². The van der Waals surface area contributed by atoms with Crippen LogP contribution < -0.4 is 15.0 Å². The number of guanidine groups is 1. The van der Waals surface area contributed by atoms with Gasteiger partial charge in [0.15, 0.2) is 5.96 Å². The average Bonchev–Trinajstić information content (AvgIpc) is 2.77. The van der Waals surface area contributed by atoms with Gasteiger partial charge in [-0.2, -0.15) is 0 Å². The van der Waals surface area contributed by atoms with Crippen LogP contribution in [-0.2, 0) is 0 Å². The van der Waals surface area contributed by atoms with Crippen LogP contribution in [0.15, 0.2) is 53.5 Å². The second kappa shape index (κ2) is 9.07. The van der Waals surface area contributed by atoms with Crippen molar-refractivity contribution in [1.29, 1.82) is 0 Å². The van der Waals surface area contributed by atoms with E-state index in [-0.39, 0.29) is 0 Å². The molecule has 0 bridgehead atoms. The molecule has 1 saturated heterocycles. The van der Waals surface area contributed by atoms with Gasteiger partial charge < -0.3 is 25.0 Å². The van der Waals surface area contributed by atoms with Crippen molar-refractivity contribution in [1.82, 2.24) is 10.2 Å². The monoisotopic (exact) mass is 394 g/mol. The number of fused-ring (bicyclic) bond motifs is 1. The number of benzene rings is 2. The zero-order valence-electron chi connectivity index (χ0n) is 17.1. The normalized spacial score (nSPS) is 19.5. The molecule has 1 unspecified atom stereocenters. The van der Waals surface area contributed by atoms with Crippen molar-refractivity contribution in [3.63, 3.8) is 0 Å². The summed E-state index contributed by atoms with van der Waals surface area (Å²) in [5, 5.41) is 13.6. The highest BCUT2D eigenvalue weighted by atomic mass is 16.5. The zero-order chi connectivity index (χ0) is 20.1. The molecule has 0 aliphatic carbocycles. The lowest BCUT2D eigenvalue weighted by Crippen LogP contribution is -2.52. The topological polar surface area (TPSA) is 60.3 Å². The third-order valence-electron chi connectivity index (χ3n) is 5.68. The Morgan fingerprint density at radius 2 is 1.86 bits per heavy atom. The van der Waals surface area contributed by atoms with E-state index in [1.807, 2.05) is 24.3 Å². The summed E-state index contributed by atoms with van der Waals surface area (Å²) in [6, 6.07) is 15.9. The van der Waals surface area contributed by atoms with Crippen molar-refractivity contribution < 1.29 is 9.84 Å². The predicted octanol–water partition coefficient (Wildman–Crippen LogP) is 3.05. The number of anilines is 1. The summed E-state index contributed by atoms with van der Waals surface area (Å²) in [4.78, 5) is 9.55. The number of hydrogen-bond donors (Lipinski definition) is 2. The Kier molecular flexibility index (Phi) is 6.08. The van der Waals surface area contributed by atoms with Gasteiger partial charge in [0.1, 0.15) is 11.5 Å². The summed E-state index contributed by atoms with van der Waals surface area (Å²) < 4.78 is 5.79. The Balaban J connectivity index is 1.42. The first-order valence-corrected chi connectivity index (χ1v) is 10.5. The highest BCUT2D eigenvalue weighted by molar-refractivity contribution is 5.80. The lowest BCUT2D eigenvalue weighted by atomic mass is 9.93. The molecule has 29 heavy (non-hydrogen) atoms. The van der Waals surface area contributed by atoms with E-state index >= 15 is 0 Å². The zero-order valence-corrected chi connectivity index (χ0v) is 17.1. The fourth-order valence-corrected chi connectivity index (χ4v) is 4.12. The van der Waals surface area contributed by atoms with Crippen molar-refractivity contribution in [3.05, 3.63) is 54.1 Å². The van der Waals surface area contributed by atoms with Crippen LogP contribution >= 0.6 is 0 Å². The summed E-state index contributed by atoms with van der Waals surface area (Å²) >= 11 is 0. The summed E-state index contributed by atoms with van der Waals surface area (Å²) in [6.07, 6.45) is 1.00. The van der Waals surface area contributed by atoms with Crippen molar-refractivity contribution in [2.75, 3.05) is 50.8 Å². The van der Waals surface area contributed by atoms with Gasteiger partial charge in [-0.1, -0.05) is 30.3 Å². The number of ether oxygens (including phenoxy) is 1. The number of phenolic OH excluding ortho intramolecular Hbond substituents is 1. The summed E-state index contributed by atoms with van der Waals surface area (Å²) in [5.74, 6) is 2.73. The molecular formula is C23H30N4O2. The number of para-hydroxylation sites is 3. The van der Waals surface area contributed by atoms with Gasteiger partial charge in [-0.25, -0.2) is 0 Å². The first kappa shape index (κ1) is 19.4. The molecule has 6 heteroatoms. The Hall–Kier alpha value is -2.89. The fourth-order valence-electron chi connectivity index (χ4n) is 4.12. The Labute approximate surface area is 172 Å². The van der Waals surface area contributed by atoms with Gasteiger partial charge >= 0.3 is 0 Å². The maximum absolute atomic E-state index is 10.1. The third kappa shape index (κ3) is 4.42. The summed E-state index contributed by atoms with van der Waals surface area (Å²) in [5.41, 5.74) is 2.18. The first-order valence-electron chi connectivity index (χ1n) is 10.5. The van der Waals surface area contributed by atoms with E-state index in [2.05, 4.69) is 40.2 Å². The van der Waals surface area contributed by atoms with E-state index in [4.69, 9.17) is 9.73 Å². The smallest absolute Gasteiger partial charge is 0.194 e. The minimum absolute atomic E-state index is 0.347. The van der Waals surface area contributed by atoms with Gasteiger partial charge in [-0.3, -0.25) is 4.99 Å². The molecule has 0 spiro atoms. The lowest BCUT2D eigenvalue weighted by Gasteiger charge is -2.38. The minimum Gasteiger partial charge on any atom is -0.506 e. The number of rotatable bonds is 4. The molecule has 2 N–H and O–H groups in total. The molecule has 0 amide bonds. The standard InChI is InChI=1S/C23H30N4O2/c1-2-24-23(25-17-18-11-16-29-22-10-6-3-7-19(18)22)27-14-12-26(13-15-27)20-8-4-5-9-21(20)28/h3-10,18,28H,2,11-17H2,1H3,(H,24,25). The number of aliphatic imine (C=N–C) groups is 1. The molecule has 2 aromatic rings. The van der Waals surface area contributed by atoms with Crippen molar-refractivity contribution in [3.8, 4) is 11.5 Å².